The van der Waals surface area contributed by atoms with Gasteiger partial charge in [-0.15, -0.1) is 0 Å². The maximum atomic E-state index is 13.2. The molecule has 0 unspecified atom stereocenters. The lowest BCUT2D eigenvalue weighted by atomic mass is 10.2. The van der Waals surface area contributed by atoms with Gasteiger partial charge in [-0.25, -0.2) is 12.8 Å². The highest BCUT2D eigenvalue weighted by atomic mass is 35.5. The zero-order chi connectivity index (χ0) is 16.0. The molecule has 0 aliphatic heterocycles. The van der Waals surface area contributed by atoms with Gasteiger partial charge in [0.25, 0.3) is 0 Å². The van der Waals surface area contributed by atoms with Gasteiger partial charge >= 0.3 is 0 Å². The molecule has 0 atom stereocenters. The lowest BCUT2D eigenvalue weighted by Crippen LogP contribution is -2.41. The highest BCUT2D eigenvalue weighted by Crippen LogP contribution is 2.25. The Morgan fingerprint density at radius 3 is 2.43 bits per heavy atom. The molecule has 0 fully saturated rings. The van der Waals surface area contributed by atoms with Gasteiger partial charge < -0.3 is 4.74 Å². The molecule has 0 aromatic heterocycles. The van der Waals surface area contributed by atoms with Crippen molar-refractivity contribution in [1.82, 2.24) is 4.31 Å². The van der Waals surface area contributed by atoms with Crippen molar-refractivity contribution in [3.05, 3.63) is 29.0 Å². The van der Waals surface area contributed by atoms with Gasteiger partial charge in [0.05, 0.1) is 16.5 Å². The number of sulfonamides is 1. The van der Waals surface area contributed by atoms with Crippen molar-refractivity contribution in [3.63, 3.8) is 0 Å². The Balaban J connectivity index is 3.21. The molecule has 7 heteroatoms. The van der Waals surface area contributed by atoms with E-state index >= 15 is 0 Å². The molecule has 1 rings (SSSR count). The number of hydrogen-bond acceptors (Lipinski definition) is 3. The largest absolute Gasteiger partial charge is 0.383 e. The van der Waals surface area contributed by atoms with Gasteiger partial charge in [-0.3, -0.25) is 0 Å². The van der Waals surface area contributed by atoms with Crippen molar-refractivity contribution >= 4 is 21.6 Å². The van der Waals surface area contributed by atoms with Crippen LogP contribution in [0.5, 0.6) is 0 Å². The Morgan fingerprint density at radius 2 is 1.95 bits per heavy atom. The standard InChI is InChI=1S/C14H21ClFNO3S/c1-4-11(5-2)17(8-9-20-3)21(18,19)12-6-7-14(16)13(15)10-12/h6-7,10-11H,4-5,8-9H2,1-3H3. The van der Waals surface area contributed by atoms with E-state index in [4.69, 9.17) is 16.3 Å². The van der Waals surface area contributed by atoms with Gasteiger partial charge in [0, 0.05) is 19.7 Å². The van der Waals surface area contributed by atoms with Gasteiger partial charge in [-0.05, 0) is 31.0 Å². The zero-order valence-electron chi connectivity index (χ0n) is 12.5. The van der Waals surface area contributed by atoms with Gasteiger partial charge in [0.2, 0.25) is 10.0 Å². The third kappa shape index (κ3) is 4.39. The van der Waals surface area contributed by atoms with Crippen LogP contribution in [0.2, 0.25) is 5.02 Å². The molecule has 0 heterocycles. The van der Waals surface area contributed by atoms with Crippen LogP contribution < -0.4 is 0 Å². The first-order valence-electron chi connectivity index (χ1n) is 6.84. The monoisotopic (exact) mass is 337 g/mol. The van der Waals surface area contributed by atoms with Crippen LogP contribution >= 0.6 is 11.6 Å². The quantitative estimate of drug-likeness (QED) is 0.731. The first-order chi connectivity index (χ1) is 9.88. The minimum absolute atomic E-state index is 0.00287. The maximum absolute atomic E-state index is 13.2. The minimum atomic E-state index is -3.73. The summed E-state index contributed by atoms with van der Waals surface area (Å²) in [6.45, 7) is 4.41. The second kappa shape index (κ2) is 8.08. The lowest BCUT2D eigenvalue weighted by molar-refractivity contribution is 0.163. The normalized spacial score (nSPS) is 12.3. The number of halogens is 2. The van der Waals surface area contributed by atoms with E-state index in [9.17, 15) is 12.8 Å². The average molecular weight is 338 g/mol. The molecule has 0 bridgehead atoms. The van der Waals surface area contributed by atoms with Crippen molar-refractivity contribution in [2.75, 3.05) is 20.3 Å². The molecule has 0 amide bonds. The Kier molecular flexibility index (Phi) is 7.06. The number of hydrogen-bond donors (Lipinski definition) is 0. The fraction of sp³-hybridized carbons (Fsp3) is 0.571. The van der Waals surface area contributed by atoms with Gasteiger partial charge in [-0.1, -0.05) is 25.4 Å². The molecule has 0 aliphatic rings. The summed E-state index contributed by atoms with van der Waals surface area (Å²) >= 11 is 5.69. The smallest absolute Gasteiger partial charge is 0.243 e. The first-order valence-corrected chi connectivity index (χ1v) is 8.66. The zero-order valence-corrected chi connectivity index (χ0v) is 14.0. The summed E-state index contributed by atoms with van der Waals surface area (Å²) in [7, 11) is -2.21. The van der Waals surface area contributed by atoms with Gasteiger partial charge in [-0.2, -0.15) is 4.31 Å². The molecule has 0 spiro atoms. The Bertz CT molecular complexity index is 561. The van der Waals surface area contributed by atoms with Crippen LogP contribution in [0.3, 0.4) is 0 Å². The Labute approximate surface area is 130 Å². The summed E-state index contributed by atoms with van der Waals surface area (Å²) in [4.78, 5) is -0.00287. The predicted octanol–water partition coefficient (Wildman–Crippen LogP) is 3.30. The molecule has 0 saturated heterocycles. The number of benzene rings is 1. The van der Waals surface area contributed by atoms with E-state index in [1.807, 2.05) is 13.8 Å². The lowest BCUT2D eigenvalue weighted by Gasteiger charge is -2.29. The molecule has 1 aromatic carbocycles. The molecule has 21 heavy (non-hydrogen) atoms. The van der Waals surface area contributed by atoms with E-state index in [-0.39, 0.29) is 22.5 Å². The van der Waals surface area contributed by atoms with Crippen molar-refractivity contribution in [1.29, 1.82) is 0 Å². The van der Waals surface area contributed by atoms with Crippen molar-refractivity contribution in [2.45, 2.75) is 37.6 Å². The molecule has 0 N–H and O–H groups in total. The van der Waals surface area contributed by atoms with Crippen LogP contribution in [0.1, 0.15) is 26.7 Å². The Hall–Kier alpha value is -0.690. The second-order valence-corrected chi connectivity index (χ2v) is 6.95. The highest BCUT2D eigenvalue weighted by molar-refractivity contribution is 7.89. The van der Waals surface area contributed by atoms with Crippen molar-refractivity contribution in [2.24, 2.45) is 0 Å². The number of nitrogens with zero attached hydrogens (tertiary/aromatic N) is 1. The van der Waals surface area contributed by atoms with E-state index in [0.717, 1.165) is 12.1 Å². The van der Waals surface area contributed by atoms with Crippen LogP contribution in [0, 0.1) is 5.82 Å². The summed E-state index contributed by atoms with van der Waals surface area (Å²) in [5.74, 6) is -0.637. The summed E-state index contributed by atoms with van der Waals surface area (Å²) in [6.07, 6.45) is 1.38. The van der Waals surface area contributed by atoms with Crippen molar-refractivity contribution < 1.29 is 17.5 Å². The van der Waals surface area contributed by atoms with Gasteiger partial charge in [0.1, 0.15) is 5.82 Å². The Morgan fingerprint density at radius 1 is 1.33 bits per heavy atom. The van der Waals surface area contributed by atoms with Gasteiger partial charge in [0.15, 0.2) is 0 Å². The molecular weight excluding hydrogens is 317 g/mol. The number of ether oxygens (including phenoxy) is 1. The molecule has 4 nitrogen and oxygen atoms in total. The van der Waals surface area contributed by atoms with E-state index < -0.39 is 15.8 Å². The summed E-state index contributed by atoms with van der Waals surface area (Å²) < 4.78 is 45.1. The van der Waals surface area contributed by atoms with E-state index in [0.29, 0.717) is 19.4 Å². The first kappa shape index (κ1) is 18.4. The van der Waals surface area contributed by atoms with Crippen molar-refractivity contribution in [3.8, 4) is 0 Å². The minimum Gasteiger partial charge on any atom is -0.383 e. The van der Waals surface area contributed by atoms with Crippen LogP contribution in [0.4, 0.5) is 4.39 Å². The predicted molar refractivity (Wildman–Crippen MR) is 81.5 cm³/mol. The molecule has 120 valence electrons. The molecule has 0 radical (unpaired) electrons. The SMILES string of the molecule is CCC(CC)N(CCOC)S(=O)(=O)c1ccc(F)c(Cl)c1. The van der Waals surface area contributed by atoms with Crippen LogP contribution in [-0.4, -0.2) is 39.0 Å². The second-order valence-electron chi connectivity index (χ2n) is 4.65. The number of methoxy groups -OCH3 is 1. The molecular formula is C14H21ClFNO3S. The average Bonchev–Trinajstić information content (AvgIpc) is 2.46. The molecule has 0 aliphatic carbocycles. The number of rotatable bonds is 8. The maximum Gasteiger partial charge on any atom is 0.243 e. The van der Waals surface area contributed by atoms with E-state index in [1.54, 1.807) is 0 Å². The fourth-order valence-corrected chi connectivity index (χ4v) is 4.18. The van der Waals surface area contributed by atoms with Crippen LogP contribution in [-0.2, 0) is 14.8 Å². The fourth-order valence-electron chi connectivity index (χ4n) is 2.15. The molecule has 0 saturated carbocycles. The third-order valence-corrected chi connectivity index (χ3v) is 5.60. The summed E-state index contributed by atoms with van der Waals surface area (Å²) in [6, 6.07) is 3.32. The third-order valence-electron chi connectivity index (χ3n) is 3.36. The summed E-state index contributed by atoms with van der Waals surface area (Å²) in [5, 5.41) is -0.202. The highest BCUT2D eigenvalue weighted by Gasteiger charge is 2.29. The van der Waals surface area contributed by atoms with Crippen LogP contribution in [0.15, 0.2) is 23.1 Å². The summed E-state index contributed by atoms with van der Waals surface area (Å²) in [5.41, 5.74) is 0. The van der Waals surface area contributed by atoms with Crippen LogP contribution in [0.25, 0.3) is 0 Å². The molecule has 1 aromatic rings. The van der Waals surface area contributed by atoms with E-state index in [2.05, 4.69) is 0 Å². The topological polar surface area (TPSA) is 46.6 Å². The van der Waals surface area contributed by atoms with E-state index in [1.165, 1.54) is 17.5 Å².